The molecule has 2 amide bonds. The molecule has 0 spiro atoms. The molecule has 0 fully saturated rings. The molecular weight excluding hydrogens is 292 g/mol. The molecule has 1 aliphatic carbocycles. The van der Waals surface area contributed by atoms with Crippen molar-refractivity contribution < 1.29 is 14.3 Å². The van der Waals surface area contributed by atoms with E-state index in [-0.39, 0.29) is 17.4 Å². The van der Waals surface area contributed by atoms with Crippen molar-refractivity contribution >= 4 is 23.4 Å². The summed E-state index contributed by atoms with van der Waals surface area (Å²) in [5.74, 6) is -0.0435. The van der Waals surface area contributed by atoms with Gasteiger partial charge >= 0.3 is 0 Å². The number of nitrogens with one attached hydrogen (secondary N) is 2. The normalized spacial score (nSPS) is 16.6. The molecule has 1 aromatic carbocycles. The van der Waals surface area contributed by atoms with E-state index in [9.17, 15) is 9.59 Å². The van der Waals surface area contributed by atoms with E-state index in [0.717, 1.165) is 12.8 Å². The third-order valence-electron chi connectivity index (χ3n) is 3.28. The lowest BCUT2D eigenvalue weighted by Crippen LogP contribution is -2.42. The summed E-state index contributed by atoms with van der Waals surface area (Å²) >= 11 is 5.86. The van der Waals surface area contributed by atoms with Crippen LogP contribution in [0.5, 0.6) is 5.75 Å². The molecule has 5 nitrogen and oxygen atoms in total. The van der Waals surface area contributed by atoms with Gasteiger partial charge in [0, 0.05) is 11.4 Å². The maximum Gasteiger partial charge on any atom is 0.273 e. The Morgan fingerprint density at radius 3 is 2.86 bits per heavy atom. The molecular formula is C15H17ClN2O3. The van der Waals surface area contributed by atoms with E-state index in [4.69, 9.17) is 16.3 Å². The quantitative estimate of drug-likeness (QED) is 0.663. The number of carbonyl (C=O) groups excluding carboxylic acids is 2. The Labute approximate surface area is 128 Å². The predicted octanol–water partition coefficient (Wildman–Crippen LogP) is 2.47. The van der Waals surface area contributed by atoms with Gasteiger partial charge in [-0.3, -0.25) is 20.4 Å². The number of benzene rings is 1. The number of hydrogen-bond donors (Lipinski definition) is 2. The highest BCUT2D eigenvalue weighted by Crippen LogP contribution is 2.22. The number of hydrazine groups is 1. The first kappa shape index (κ1) is 15.4. The van der Waals surface area contributed by atoms with Gasteiger partial charge in [0.05, 0.1) is 12.7 Å². The summed E-state index contributed by atoms with van der Waals surface area (Å²) in [6.45, 7) is 0. The summed E-state index contributed by atoms with van der Waals surface area (Å²) in [7, 11) is 1.46. The van der Waals surface area contributed by atoms with Gasteiger partial charge in [0.1, 0.15) is 5.75 Å². The van der Waals surface area contributed by atoms with E-state index in [1.54, 1.807) is 12.1 Å². The van der Waals surface area contributed by atoms with Gasteiger partial charge in [-0.1, -0.05) is 23.8 Å². The molecule has 0 saturated carbocycles. The first-order valence-electron chi connectivity index (χ1n) is 6.69. The van der Waals surface area contributed by atoms with Crippen LogP contribution in [0.1, 0.15) is 29.6 Å². The van der Waals surface area contributed by atoms with Crippen LogP contribution >= 0.6 is 11.6 Å². The molecule has 0 aliphatic heterocycles. The molecule has 1 aliphatic rings. The van der Waals surface area contributed by atoms with Gasteiger partial charge in [0.15, 0.2) is 0 Å². The summed E-state index contributed by atoms with van der Waals surface area (Å²) in [4.78, 5) is 23.8. The van der Waals surface area contributed by atoms with Crippen molar-refractivity contribution in [3.63, 3.8) is 0 Å². The molecule has 6 heteroatoms. The second kappa shape index (κ2) is 7.13. The molecule has 2 rings (SSSR count). The van der Waals surface area contributed by atoms with Crippen molar-refractivity contribution in [3.8, 4) is 5.75 Å². The summed E-state index contributed by atoms with van der Waals surface area (Å²) in [6, 6.07) is 4.71. The lowest BCUT2D eigenvalue weighted by atomic mass is 10.1. The Morgan fingerprint density at radius 1 is 1.38 bits per heavy atom. The number of amides is 2. The molecule has 0 unspecified atom stereocenters. The van der Waals surface area contributed by atoms with Gasteiger partial charge < -0.3 is 4.74 Å². The minimum Gasteiger partial charge on any atom is -0.496 e. The van der Waals surface area contributed by atoms with Gasteiger partial charge in [-0.05, 0) is 37.0 Å². The van der Waals surface area contributed by atoms with Crippen molar-refractivity contribution in [2.75, 3.05) is 7.11 Å². The van der Waals surface area contributed by atoms with Crippen LogP contribution in [0.4, 0.5) is 0 Å². The Bertz CT molecular complexity index is 572. The van der Waals surface area contributed by atoms with E-state index in [2.05, 4.69) is 16.9 Å². The highest BCUT2D eigenvalue weighted by molar-refractivity contribution is 6.31. The van der Waals surface area contributed by atoms with Crippen molar-refractivity contribution in [1.82, 2.24) is 10.9 Å². The topological polar surface area (TPSA) is 67.4 Å². The van der Waals surface area contributed by atoms with E-state index in [0.29, 0.717) is 17.2 Å². The number of halogens is 1. The zero-order valence-electron chi connectivity index (χ0n) is 11.7. The molecule has 2 N–H and O–H groups in total. The Morgan fingerprint density at radius 2 is 2.19 bits per heavy atom. The van der Waals surface area contributed by atoms with Gasteiger partial charge in [-0.2, -0.15) is 0 Å². The van der Waals surface area contributed by atoms with Crippen LogP contribution < -0.4 is 15.6 Å². The van der Waals surface area contributed by atoms with Crippen LogP contribution in [0.15, 0.2) is 30.4 Å². The molecule has 0 aromatic heterocycles. The fraction of sp³-hybridized carbons (Fsp3) is 0.333. The van der Waals surface area contributed by atoms with E-state index in [1.165, 1.54) is 13.2 Å². The van der Waals surface area contributed by atoms with Crippen LogP contribution in [0.3, 0.4) is 0 Å². The monoisotopic (exact) mass is 308 g/mol. The second-order valence-electron chi connectivity index (χ2n) is 4.82. The number of ether oxygens (including phenoxy) is 1. The molecule has 0 heterocycles. The average molecular weight is 309 g/mol. The molecule has 0 bridgehead atoms. The van der Waals surface area contributed by atoms with Gasteiger partial charge in [0.2, 0.25) is 5.91 Å². The standard InChI is InChI=1S/C15H17ClN2O3/c1-21-13-7-6-11(16)9-12(13)15(20)18-17-14(19)8-10-4-2-3-5-10/h2,4,6-7,9-10H,3,5,8H2,1H3,(H,17,19)(H,18,20)/t10-/m1/s1. The fourth-order valence-corrected chi connectivity index (χ4v) is 2.38. The number of methoxy groups -OCH3 is 1. The van der Waals surface area contributed by atoms with Gasteiger partial charge in [0.25, 0.3) is 5.91 Å². The Kier molecular flexibility index (Phi) is 5.22. The minimum absolute atomic E-state index is 0.221. The molecule has 112 valence electrons. The molecule has 0 radical (unpaired) electrons. The number of rotatable bonds is 4. The third kappa shape index (κ3) is 4.23. The maximum absolute atomic E-state index is 12.0. The third-order valence-corrected chi connectivity index (χ3v) is 3.52. The van der Waals surface area contributed by atoms with Gasteiger partial charge in [-0.25, -0.2) is 0 Å². The summed E-state index contributed by atoms with van der Waals surface area (Å²) in [6.07, 6.45) is 6.44. The predicted molar refractivity (Wildman–Crippen MR) is 80.1 cm³/mol. The lowest BCUT2D eigenvalue weighted by Gasteiger charge is -2.12. The Hall–Kier alpha value is -2.01. The zero-order chi connectivity index (χ0) is 15.2. The second-order valence-corrected chi connectivity index (χ2v) is 5.25. The summed E-state index contributed by atoms with van der Waals surface area (Å²) in [5.41, 5.74) is 5.05. The molecule has 1 atom stereocenters. The smallest absolute Gasteiger partial charge is 0.273 e. The van der Waals surface area contributed by atoms with Crippen LogP contribution in [-0.2, 0) is 4.79 Å². The van der Waals surface area contributed by atoms with E-state index >= 15 is 0 Å². The van der Waals surface area contributed by atoms with Gasteiger partial charge in [-0.15, -0.1) is 0 Å². The average Bonchev–Trinajstić information content (AvgIpc) is 2.97. The number of hydrogen-bond acceptors (Lipinski definition) is 3. The summed E-state index contributed by atoms with van der Waals surface area (Å²) in [5, 5.41) is 0.420. The largest absolute Gasteiger partial charge is 0.496 e. The van der Waals surface area contributed by atoms with Crippen molar-refractivity contribution in [1.29, 1.82) is 0 Å². The van der Waals surface area contributed by atoms with Crippen LogP contribution in [0.25, 0.3) is 0 Å². The van der Waals surface area contributed by atoms with Crippen molar-refractivity contribution in [2.45, 2.75) is 19.3 Å². The van der Waals surface area contributed by atoms with Crippen LogP contribution in [0.2, 0.25) is 5.02 Å². The van der Waals surface area contributed by atoms with Crippen LogP contribution in [0, 0.1) is 5.92 Å². The van der Waals surface area contributed by atoms with E-state index in [1.807, 2.05) is 6.08 Å². The van der Waals surface area contributed by atoms with Crippen molar-refractivity contribution in [3.05, 3.63) is 40.9 Å². The van der Waals surface area contributed by atoms with Crippen molar-refractivity contribution in [2.24, 2.45) is 5.92 Å². The highest BCUT2D eigenvalue weighted by Gasteiger charge is 2.16. The SMILES string of the molecule is COc1ccc(Cl)cc1C(=O)NNC(=O)C[C@@H]1C=CCC1. The molecule has 21 heavy (non-hydrogen) atoms. The lowest BCUT2D eigenvalue weighted by molar-refractivity contribution is -0.122. The first-order chi connectivity index (χ1) is 10.1. The number of allylic oxidation sites excluding steroid dienone is 2. The molecule has 1 aromatic rings. The highest BCUT2D eigenvalue weighted by atomic mass is 35.5. The maximum atomic E-state index is 12.0. The Balaban J connectivity index is 1.90. The van der Waals surface area contributed by atoms with Crippen LogP contribution in [-0.4, -0.2) is 18.9 Å². The fourth-order valence-electron chi connectivity index (χ4n) is 2.21. The van der Waals surface area contributed by atoms with E-state index < -0.39 is 5.91 Å². The number of carbonyl (C=O) groups is 2. The minimum atomic E-state index is -0.468. The summed E-state index contributed by atoms with van der Waals surface area (Å²) < 4.78 is 5.09. The zero-order valence-corrected chi connectivity index (χ0v) is 12.4. The first-order valence-corrected chi connectivity index (χ1v) is 7.07. The molecule has 0 saturated heterocycles.